The Balaban J connectivity index is 1.29. The van der Waals surface area contributed by atoms with Crippen LogP contribution in [0.4, 0.5) is 8.78 Å². The van der Waals surface area contributed by atoms with Crippen molar-refractivity contribution in [2.45, 2.75) is 44.3 Å². The lowest BCUT2D eigenvalue weighted by atomic mass is 10.0. The minimum atomic E-state index is -0.980. The van der Waals surface area contributed by atoms with Gasteiger partial charge in [-0.25, -0.2) is 8.78 Å². The summed E-state index contributed by atoms with van der Waals surface area (Å²) in [4.78, 5) is 40.1. The third-order valence-corrected chi connectivity index (χ3v) is 7.08. The van der Waals surface area contributed by atoms with Crippen LogP contribution in [0.25, 0.3) is 0 Å². The predicted octanol–water partition coefficient (Wildman–Crippen LogP) is 1.35. The third kappa shape index (κ3) is 2.72. The van der Waals surface area contributed by atoms with Crippen LogP contribution in [0.15, 0.2) is 29.2 Å². The number of halogens is 2. The van der Waals surface area contributed by atoms with Crippen molar-refractivity contribution in [3.05, 3.63) is 63.1 Å². The highest BCUT2D eigenvalue weighted by Gasteiger charge is 2.63. The van der Waals surface area contributed by atoms with Crippen LogP contribution in [0.5, 0.6) is 5.75 Å². The lowest BCUT2D eigenvalue weighted by Crippen LogP contribution is -2.58. The number of ether oxygens (including phenoxy) is 1. The molecule has 1 saturated heterocycles. The second-order valence-electron chi connectivity index (χ2n) is 8.85. The van der Waals surface area contributed by atoms with Gasteiger partial charge in [0.15, 0.2) is 17.7 Å². The van der Waals surface area contributed by atoms with Crippen molar-refractivity contribution < 1.29 is 28.2 Å². The Labute approximate surface area is 180 Å². The molecule has 0 radical (unpaired) electrons. The van der Waals surface area contributed by atoms with E-state index in [1.807, 2.05) is 0 Å². The van der Waals surface area contributed by atoms with E-state index in [9.17, 15) is 28.3 Å². The minimum Gasteiger partial charge on any atom is -0.503 e. The first-order valence-electron chi connectivity index (χ1n) is 10.5. The van der Waals surface area contributed by atoms with E-state index in [4.69, 9.17) is 4.74 Å². The Morgan fingerprint density at radius 1 is 1.22 bits per heavy atom. The van der Waals surface area contributed by atoms with Gasteiger partial charge in [0.25, 0.3) is 11.8 Å². The van der Waals surface area contributed by atoms with Crippen LogP contribution in [-0.2, 0) is 17.8 Å². The summed E-state index contributed by atoms with van der Waals surface area (Å²) < 4.78 is 34.4. The summed E-state index contributed by atoms with van der Waals surface area (Å²) in [6, 6.07) is 2.99. The van der Waals surface area contributed by atoms with Crippen LogP contribution in [0, 0.1) is 23.5 Å². The summed E-state index contributed by atoms with van der Waals surface area (Å²) >= 11 is 0. The fourth-order valence-corrected chi connectivity index (χ4v) is 5.47. The maximum absolute atomic E-state index is 13.8. The number of hydrogen-bond acceptors (Lipinski definition) is 5. The minimum absolute atomic E-state index is 0.0394. The molecule has 2 bridgehead atoms. The van der Waals surface area contributed by atoms with Crippen LogP contribution >= 0.6 is 0 Å². The van der Waals surface area contributed by atoms with Crippen molar-refractivity contribution in [1.29, 1.82) is 0 Å². The van der Waals surface area contributed by atoms with Crippen molar-refractivity contribution in [2.24, 2.45) is 11.8 Å². The number of aromatic nitrogens is 1. The zero-order chi connectivity index (χ0) is 22.3. The van der Waals surface area contributed by atoms with Gasteiger partial charge in [-0.2, -0.15) is 0 Å². The number of fused-ring (bicyclic) bond motifs is 8. The van der Waals surface area contributed by atoms with Crippen LogP contribution in [0.3, 0.4) is 0 Å². The van der Waals surface area contributed by atoms with Gasteiger partial charge in [0.05, 0.1) is 12.6 Å². The zero-order valence-corrected chi connectivity index (χ0v) is 16.8. The molecule has 3 fully saturated rings. The predicted molar refractivity (Wildman–Crippen MR) is 105 cm³/mol. The van der Waals surface area contributed by atoms with Gasteiger partial charge in [-0.05, 0) is 30.7 Å². The van der Waals surface area contributed by atoms with Gasteiger partial charge in [0, 0.05) is 30.4 Å². The molecule has 2 aromatic rings. The molecular formula is C22H19F2N3O5. The highest BCUT2D eigenvalue weighted by molar-refractivity contribution is 5.99. The number of rotatable bonds is 3. The lowest BCUT2D eigenvalue weighted by Gasteiger charge is -2.45. The van der Waals surface area contributed by atoms with Gasteiger partial charge in [-0.15, -0.1) is 0 Å². The Morgan fingerprint density at radius 3 is 2.81 bits per heavy atom. The molecule has 2 saturated carbocycles. The SMILES string of the molecule is O=C(NCc1ccc(F)cc1F)c1cn2c(c(O)c1=O)C(=O)N1C(C2)O[C@@H]2C[C@H]1[C@H]1C[C@H]12. The number of pyridine rings is 1. The first-order chi connectivity index (χ1) is 15.3. The Morgan fingerprint density at radius 2 is 2.03 bits per heavy atom. The molecule has 2 aliphatic heterocycles. The molecule has 2 N–H and O–H groups in total. The number of carbonyl (C=O) groups is 2. The molecule has 32 heavy (non-hydrogen) atoms. The van der Waals surface area contributed by atoms with Crippen LogP contribution in [0.2, 0.25) is 0 Å². The van der Waals surface area contributed by atoms with Crippen molar-refractivity contribution in [1.82, 2.24) is 14.8 Å². The second-order valence-corrected chi connectivity index (χ2v) is 8.85. The number of benzene rings is 1. The van der Waals surface area contributed by atoms with E-state index >= 15 is 0 Å². The Kier molecular flexibility index (Phi) is 4.01. The Hall–Kier alpha value is -3.27. The number of aromatic hydroxyl groups is 1. The van der Waals surface area contributed by atoms with Crippen LogP contribution in [0.1, 0.15) is 39.3 Å². The average Bonchev–Trinajstić information content (AvgIpc) is 3.50. The first kappa shape index (κ1) is 19.4. The molecule has 4 aliphatic rings. The molecule has 8 nitrogen and oxygen atoms in total. The summed E-state index contributed by atoms with van der Waals surface area (Å²) in [7, 11) is 0. The lowest BCUT2D eigenvalue weighted by molar-refractivity contribution is -0.144. The van der Waals surface area contributed by atoms with Crippen LogP contribution in [-0.4, -0.2) is 44.8 Å². The number of hydrogen-bond donors (Lipinski definition) is 2. The van der Waals surface area contributed by atoms with E-state index in [2.05, 4.69) is 5.32 Å². The number of carbonyl (C=O) groups excluding carboxylic acids is 2. The molecule has 1 aromatic carbocycles. The summed E-state index contributed by atoms with van der Waals surface area (Å²) in [5.74, 6) is -2.82. The van der Waals surface area contributed by atoms with Gasteiger partial charge in [-0.1, -0.05) is 6.07 Å². The highest BCUT2D eigenvalue weighted by Crippen LogP contribution is 2.58. The second kappa shape index (κ2) is 6.61. The van der Waals surface area contributed by atoms with E-state index in [0.29, 0.717) is 17.9 Å². The molecule has 2 aliphatic carbocycles. The summed E-state index contributed by atoms with van der Waals surface area (Å²) in [6.45, 7) is -0.0916. The molecule has 6 rings (SSSR count). The highest BCUT2D eigenvalue weighted by atomic mass is 19.1. The number of nitrogens with zero attached hydrogens (tertiary/aromatic N) is 2. The van der Waals surface area contributed by atoms with Crippen molar-refractivity contribution >= 4 is 11.8 Å². The normalized spacial score (nSPS) is 29.2. The number of amides is 2. The average molecular weight is 443 g/mol. The molecule has 1 unspecified atom stereocenters. The van der Waals surface area contributed by atoms with Gasteiger partial charge in [0.2, 0.25) is 5.43 Å². The summed E-state index contributed by atoms with van der Waals surface area (Å²) in [5, 5.41) is 12.9. The summed E-state index contributed by atoms with van der Waals surface area (Å²) in [5.41, 5.74) is -1.47. The van der Waals surface area contributed by atoms with Gasteiger partial charge >= 0.3 is 0 Å². The maximum atomic E-state index is 13.8. The van der Waals surface area contributed by atoms with Crippen molar-refractivity contribution in [3.63, 3.8) is 0 Å². The summed E-state index contributed by atoms with van der Waals surface area (Å²) in [6.07, 6.45) is 2.62. The monoisotopic (exact) mass is 443 g/mol. The van der Waals surface area contributed by atoms with E-state index in [-0.39, 0.29) is 42.1 Å². The number of nitrogens with one attached hydrogen (secondary N) is 1. The van der Waals surface area contributed by atoms with Crippen LogP contribution < -0.4 is 10.7 Å². The molecule has 5 atom stereocenters. The largest absolute Gasteiger partial charge is 0.503 e. The molecule has 1 aromatic heterocycles. The molecule has 0 spiro atoms. The Bertz CT molecular complexity index is 1240. The van der Waals surface area contributed by atoms with E-state index < -0.39 is 40.9 Å². The maximum Gasteiger partial charge on any atom is 0.276 e. The van der Waals surface area contributed by atoms with Gasteiger partial charge < -0.3 is 24.6 Å². The first-order valence-corrected chi connectivity index (χ1v) is 10.5. The van der Waals surface area contributed by atoms with E-state index in [1.165, 1.54) is 16.8 Å². The molecule has 3 heterocycles. The molecular weight excluding hydrogens is 424 g/mol. The van der Waals surface area contributed by atoms with Gasteiger partial charge in [-0.3, -0.25) is 14.4 Å². The van der Waals surface area contributed by atoms with E-state index in [0.717, 1.165) is 18.9 Å². The zero-order valence-electron chi connectivity index (χ0n) is 16.8. The quantitative estimate of drug-likeness (QED) is 0.746. The topological polar surface area (TPSA) is 101 Å². The fraction of sp³-hybridized carbons (Fsp3) is 0.409. The smallest absolute Gasteiger partial charge is 0.276 e. The van der Waals surface area contributed by atoms with Gasteiger partial charge in [0.1, 0.15) is 17.2 Å². The van der Waals surface area contributed by atoms with E-state index in [1.54, 1.807) is 4.90 Å². The molecule has 10 heteroatoms. The van der Waals surface area contributed by atoms with Crippen molar-refractivity contribution in [2.75, 3.05) is 0 Å². The molecule has 2 amide bonds. The standard InChI is InChI=1S/C22H19F2N3O5/c23-10-2-1-9(14(24)3-10)6-25-21(30)13-7-26-8-17-27(22(31)18(26)20(29)19(13)28)15-5-16(32-17)12-4-11(12)15/h1-3,7,11-12,15-17,29H,4-6,8H2,(H,25,30)/t11-,12+,15-,16+,17?/m0/s1. The van der Waals surface area contributed by atoms with Crippen molar-refractivity contribution in [3.8, 4) is 5.75 Å². The fourth-order valence-electron chi connectivity index (χ4n) is 5.47. The molecule has 166 valence electrons. The third-order valence-electron chi connectivity index (χ3n) is 7.08.